The van der Waals surface area contributed by atoms with Crippen LogP contribution in [0, 0.1) is 0 Å². The van der Waals surface area contributed by atoms with Crippen LogP contribution in [0.3, 0.4) is 0 Å². The van der Waals surface area contributed by atoms with Crippen LogP contribution < -0.4 is 20.1 Å². The highest BCUT2D eigenvalue weighted by atomic mass is 35.5. The number of benzene rings is 2. The fourth-order valence-corrected chi connectivity index (χ4v) is 3.25. The predicted molar refractivity (Wildman–Crippen MR) is 109 cm³/mol. The first-order chi connectivity index (χ1) is 12.6. The Hall–Kier alpha value is -1.17. The van der Waals surface area contributed by atoms with Crippen LogP contribution in [0.1, 0.15) is 17.5 Å². The van der Waals surface area contributed by atoms with Gasteiger partial charge in [-0.3, -0.25) is 0 Å². The van der Waals surface area contributed by atoms with E-state index in [9.17, 15) is 0 Å². The lowest BCUT2D eigenvalue weighted by molar-refractivity contribution is 0.284. The molecule has 2 aromatic rings. The average Bonchev–Trinajstić information content (AvgIpc) is 2.62. The van der Waals surface area contributed by atoms with Gasteiger partial charge in [0.2, 0.25) is 0 Å². The van der Waals surface area contributed by atoms with E-state index < -0.39 is 0 Å². The van der Waals surface area contributed by atoms with E-state index in [-0.39, 0.29) is 6.61 Å². The zero-order valence-electron chi connectivity index (χ0n) is 14.9. The second kappa shape index (κ2) is 10.9. The fraction of sp³-hybridized carbons (Fsp3) is 0.368. The van der Waals surface area contributed by atoms with Gasteiger partial charge in [0.15, 0.2) is 11.5 Å². The molecule has 2 aromatic carbocycles. The molecule has 2 N–H and O–H groups in total. The van der Waals surface area contributed by atoms with Crippen LogP contribution in [0.15, 0.2) is 30.3 Å². The second-order valence-electron chi connectivity index (χ2n) is 5.73. The molecule has 0 aliphatic carbocycles. The van der Waals surface area contributed by atoms with Crippen molar-refractivity contribution < 1.29 is 9.47 Å². The summed E-state index contributed by atoms with van der Waals surface area (Å²) in [5.74, 6) is 1.05. The molecule has 0 aliphatic rings. The monoisotopic (exact) mass is 416 g/mol. The van der Waals surface area contributed by atoms with Crippen LogP contribution in [0.25, 0.3) is 0 Å². The molecule has 4 nitrogen and oxygen atoms in total. The van der Waals surface area contributed by atoms with Crippen LogP contribution in [-0.2, 0) is 13.2 Å². The summed E-state index contributed by atoms with van der Waals surface area (Å²) < 4.78 is 11.3. The standard InChI is InChI=1S/C19H23Cl3N2O2/c1-23-7-4-8-24-11-13-9-17(22)19(18(10-13)25-2)26-12-14-15(20)5-3-6-16(14)21/h3,5-6,9-10,23-24H,4,7-8,11-12H2,1-2H3. The third kappa shape index (κ3) is 5.93. The molecule has 0 radical (unpaired) electrons. The van der Waals surface area contributed by atoms with Gasteiger partial charge < -0.3 is 20.1 Å². The first kappa shape index (κ1) is 21.1. The topological polar surface area (TPSA) is 42.5 Å². The van der Waals surface area contributed by atoms with Crippen molar-refractivity contribution in [2.24, 2.45) is 0 Å². The summed E-state index contributed by atoms with van der Waals surface area (Å²) in [6.07, 6.45) is 1.06. The highest BCUT2D eigenvalue weighted by Gasteiger charge is 2.14. The van der Waals surface area contributed by atoms with E-state index in [1.807, 2.05) is 19.2 Å². The van der Waals surface area contributed by atoms with Gasteiger partial charge in [-0.25, -0.2) is 0 Å². The maximum absolute atomic E-state index is 6.41. The summed E-state index contributed by atoms with van der Waals surface area (Å²) in [5, 5.41) is 8.09. The van der Waals surface area contributed by atoms with Crippen molar-refractivity contribution in [3.05, 3.63) is 56.5 Å². The Kier molecular flexibility index (Phi) is 8.82. The molecule has 26 heavy (non-hydrogen) atoms. The molecular weight excluding hydrogens is 395 g/mol. The SMILES string of the molecule is CNCCCNCc1cc(Cl)c(OCc2c(Cl)cccc2Cl)c(OC)c1. The molecule has 0 heterocycles. The van der Waals surface area contributed by atoms with Crippen molar-refractivity contribution in [1.82, 2.24) is 10.6 Å². The van der Waals surface area contributed by atoms with Gasteiger partial charge >= 0.3 is 0 Å². The normalized spacial score (nSPS) is 10.8. The van der Waals surface area contributed by atoms with E-state index >= 15 is 0 Å². The highest BCUT2D eigenvalue weighted by molar-refractivity contribution is 6.36. The molecule has 7 heteroatoms. The van der Waals surface area contributed by atoms with Crippen molar-refractivity contribution >= 4 is 34.8 Å². The first-order valence-electron chi connectivity index (χ1n) is 8.34. The van der Waals surface area contributed by atoms with E-state index in [1.165, 1.54) is 0 Å². The summed E-state index contributed by atoms with van der Waals surface area (Å²) in [5.41, 5.74) is 1.74. The van der Waals surface area contributed by atoms with Crippen LogP contribution in [0.5, 0.6) is 11.5 Å². The van der Waals surface area contributed by atoms with Crippen molar-refractivity contribution in [2.45, 2.75) is 19.6 Å². The lowest BCUT2D eigenvalue weighted by Gasteiger charge is -2.15. The Bertz CT molecular complexity index is 706. The molecule has 0 fully saturated rings. The van der Waals surface area contributed by atoms with Crippen LogP contribution >= 0.6 is 34.8 Å². The molecule has 0 bridgehead atoms. The molecule has 0 aromatic heterocycles. The molecule has 2 rings (SSSR count). The Morgan fingerprint density at radius 1 is 1.00 bits per heavy atom. The third-order valence-corrected chi connectivity index (χ3v) is 4.81. The minimum absolute atomic E-state index is 0.205. The van der Waals surface area contributed by atoms with Gasteiger partial charge in [-0.2, -0.15) is 0 Å². The first-order valence-corrected chi connectivity index (χ1v) is 9.47. The second-order valence-corrected chi connectivity index (χ2v) is 6.95. The summed E-state index contributed by atoms with van der Waals surface area (Å²) in [6.45, 7) is 2.81. The minimum Gasteiger partial charge on any atom is -0.493 e. The largest absolute Gasteiger partial charge is 0.493 e. The number of hydrogen-bond donors (Lipinski definition) is 2. The molecule has 0 saturated carbocycles. The lowest BCUT2D eigenvalue weighted by Crippen LogP contribution is -2.19. The number of hydrogen-bond acceptors (Lipinski definition) is 4. The van der Waals surface area contributed by atoms with E-state index in [0.717, 1.165) is 25.1 Å². The van der Waals surface area contributed by atoms with Crippen LogP contribution in [0.2, 0.25) is 15.1 Å². The summed E-state index contributed by atoms with van der Waals surface area (Å²) in [6, 6.07) is 9.13. The Balaban J connectivity index is 2.06. The number of rotatable bonds is 10. The van der Waals surface area contributed by atoms with Gasteiger partial charge in [-0.05, 0) is 56.4 Å². The maximum atomic E-state index is 6.41. The van der Waals surface area contributed by atoms with Gasteiger partial charge in [-0.1, -0.05) is 40.9 Å². The smallest absolute Gasteiger partial charge is 0.180 e. The minimum atomic E-state index is 0.205. The number of nitrogens with one attached hydrogen (secondary N) is 2. The lowest BCUT2D eigenvalue weighted by atomic mass is 10.2. The zero-order valence-corrected chi connectivity index (χ0v) is 17.1. The zero-order chi connectivity index (χ0) is 18.9. The number of halogens is 3. The molecular formula is C19H23Cl3N2O2. The molecule has 0 saturated heterocycles. The third-order valence-electron chi connectivity index (χ3n) is 3.82. The molecule has 142 valence electrons. The van der Waals surface area contributed by atoms with Crippen molar-refractivity contribution in [3.63, 3.8) is 0 Å². The Morgan fingerprint density at radius 2 is 1.73 bits per heavy atom. The Morgan fingerprint density at radius 3 is 2.38 bits per heavy atom. The molecule has 0 amide bonds. The molecule has 0 aliphatic heterocycles. The molecule has 0 spiro atoms. The fourth-order valence-electron chi connectivity index (χ4n) is 2.45. The number of methoxy groups -OCH3 is 1. The molecule has 0 atom stereocenters. The highest BCUT2D eigenvalue weighted by Crippen LogP contribution is 2.37. The van der Waals surface area contributed by atoms with Gasteiger partial charge in [0.1, 0.15) is 6.61 Å². The summed E-state index contributed by atoms with van der Waals surface area (Å²) in [4.78, 5) is 0. The Labute approximate surface area is 169 Å². The van der Waals surface area contributed by atoms with Crippen LogP contribution in [-0.4, -0.2) is 27.2 Å². The average molecular weight is 418 g/mol. The van der Waals surface area contributed by atoms with Crippen molar-refractivity contribution in [3.8, 4) is 11.5 Å². The maximum Gasteiger partial charge on any atom is 0.180 e. The molecule has 0 unspecified atom stereocenters. The van der Waals surface area contributed by atoms with Gasteiger partial charge in [0, 0.05) is 22.2 Å². The van der Waals surface area contributed by atoms with E-state index in [4.69, 9.17) is 44.3 Å². The summed E-state index contributed by atoms with van der Waals surface area (Å²) >= 11 is 18.8. The van der Waals surface area contributed by atoms with E-state index in [1.54, 1.807) is 25.3 Å². The summed E-state index contributed by atoms with van der Waals surface area (Å²) in [7, 11) is 3.53. The van der Waals surface area contributed by atoms with Gasteiger partial charge in [-0.15, -0.1) is 0 Å². The van der Waals surface area contributed by atoms with Gasteiger partial charge in [0.25, 0.3) is 0 Å². The van der Waals surface area contributed by atoms with Crippen molar-refractivity contribution in [1.29, 1.82) is 0 Å². The van der Waals surface area contributed by atoms with E-state index in [0.29, 0.717) is 38.7 Å². The predicted octanol–water partition coefficient (Wildman–Crippen LogP) is 4.93. The van der Waals surface area contributed by atoms with Crippen molar-refractivity contribution in [2.75, 3.05) is 27.2 Å². The quantitative estimate of drug-likeness (QED) is 0.538. The van der Waals surface area contributed by atoms with E-state index in [2.05, 4.69) is 10.6 Å². The number of ether oxygens (including phenoxy) is 2. The van der Waals surface area contributed by atoms with Crippen LogP contribution in [0.4, 0.5) is 0 Å². The van der Waals surface area contributed by atoms with Gasteiger partial charge in [0.05, 0.1) is 12.1 Å².